The van der Waals surface area contributed by atoms with E-state index in [9.17, 15) is 23.5 Å². The molecule has 2 aliphatic rings. The summed E-state index contributed by atoms with van der Waals surface area (Å²) in [5.74, 6) is -0.435. The van der Waals surface area contributed by atoms with Crippen molar-refractivity contribution < 1.29 is 33.5 Å². The van der Waals surface area contributed by atoms with Crippen molar-refractivity contribution in [2.45, 2.75) is 39.3 Å². The number of nitrogens with one attached hydrogen (secondary N) is 2. The van der Waals surface area contributed by atoms with E-state index in [1.807, 2.05) is 31.4 Å². The van der Waals surface area contributed by atoms with Gasteiger partial charge in [-0.15, -0.1) is 0 Å². The molecule has 2 aromatic carbocycles. The van der Waals surface area contributed by atoms with Crippen molar-refractivity contribution in [3.63, 3.8) is 0 Å². The number of hydrogen-bond donors (Lipinski definition) is 4. The van der Waals surface area contributed by atoms with Crippen LogP contribution in [-0.4, -0.2) is 85.2 Å². The lowest BCUT2D eigenvalue weighted by molar-refractivity contribution is -0.589. The summed E-state index contributed by atoms with van der Waals surface area (Å²) < 4.78 is 30.5. The molecular weight excluding hydrogens is 522 g/mol. The summed E-state index contributed by atoms with van der Waals surface area (Å²) in [6.07, 6.45) is 3.37. The molecule has 4 rings (SSSR count). The molecule has 1 fully saturated rings. The quantitative estimate of drug-likeness (QED) is 0.344. The molecule has 0 aliphatic carbocycles. The highest BCUT2D eigenvalue weighted by atomic mass is 19.3. The van der Waals surface area contributed by atoms with Crippen molar-refractivity contribution >= 4 is 29.3 Å². The zero-order valence-corrected chi connectivity index (χ0v) is 22.7. The molecule has 1 saturated heterocycles. The van der Waals surface area contributed by atoms with Crippen LogP contribution in [0.2, 0.25) is 0 Å². The van der Waals surface area contributed by atoms with Crippen LogP contribution in [0.3, 0.4) is 0 Å². The molecule has 2 atom stereocenters. The van der Waals surface area contributed by atoms with Crippen LogP contribution in [0.15, 0.2) is 47.6 Å². The number of alkyl halides is 2. The number of piperazine rings is 1. The van der Waals surface area contributed by atoms with Crippen LogP contribution in [0, 0.1) is 6.92 Å². The van der Waals surface area contributed by atoms with Crippen molar-refractivity contribution in [2.24, 2.45) is 4.99 Å². The highest BCUT2D eigenvalue weighted by molar-refractivity contribution is 6.11. The summed E-state index contributed by atoms with van der Waals surface area (Å²) in [4.78, 5) is 33.1. The zero-order chi connectivity index (χ0) is 28.8. The van der Waals surface area contributed by atoms with Gasteiger partial charge in [-0.05, 0) is 37.6 Å². The minimum atomic E-state index is -2.93. The number of carbonyl (C=O) groups is 2. The Labute approximate surface area is 231 Å². The molecule has 10 nitrogen and oxygen atoms in total. The Balaban J connectivity index is 1.52. The molecule has 2 heterocycles. The molecule has 2 aliphatic heterocycles. The van der Waals surface area contributed by atoms with Gasteiger partial charge in [0.05, 0.1) is 0 Å². The number of halogens is 2. The summed E-state index contributed by atoms with van der Waals surface area (Å²) in [7, 11) is 1.56. The highest BCUT2D eigenvalue weighted by Gasteiger charge is 2.31. The van der Waals surface area contributed by atoms with E-state index in [-0.39, 0.29) is 36.4 Å². The maximum atomic E-state index is 12.9. The second kappa shape index (κ2) is 13.0. The lowest BCUT2D eigenvalue weighted by atomic mass is 9.96. The summed E-state index contributed by atoms with van der Waals surface area (Å²) in [6, 6.07) is 10.2. The number of aliphatic hydroxyl groups is 1. The molecular formula is C28H35F2N6O4+. The molecule has 0 saturated carbocycles. The summed E-state index contributed by atoms with van der Waals surface area (Å²) in [6.45, 7) is 2.45. The number of allylic oxidation sites excluding steroid dienone is 1. The Hall–Kier alpha value is -3.87. The maximum Gasteiger partial charge on any atom is 0.387 e. The van der Waals surface area contributed by atoms with Gasteiger partial charge < -0.3 is 30.7 Å². The Bertz CT molecular complexity index is 1300. The van der Waals surface area contributed by atoms with Crippen LogP contribution in [0.25, 0.3) is 5.57 Å². The molecule has 12 heteroatoms. The van der Waals surface area contributed by atoms with E-state index in [1.165, 1.54) is 6.07 Å². The number of amides is 2. The van der Waals surface area contributed by atoms with Gasteiger partial charge >= 0.3 is 6.61 Å². The number of nitrogens with zero attached hydrogens (tertiary/aromatic N) is 3. The topological polar surface area (TPSA) is 123 Å². The number of quaternary nitrogens is 1. The lowest BCUT2D eigenvalue weighted by Gasteiger charge is -2.42. The predicted octanol–water partition coefficient (Wildman–Crippen LogP) is 1.17. The van der Waals surface area contributed by atoms with E-state index in [0.717, 1.165) is 16.7 Å². The summed E-state index contributed by atoms with van der Waals surface area (Å²) in [5, 5.41) is 17.0. The van der Waals surface area contributed by atoms with Gasteiger partial charge in [-0.25, -0.2) is 0 Å². The average Bonchev–Trinajstić information content (AvgIpc) is 2.96. The predicted molar refractivity (Wildman–Crippen MR) is 146 cm³/mol. The van der Waals surface area contributed by atoms with Crippen LogP contribution in [0.4, 0.5) is 14.5 Å². The normalized spacial score (nSPS) is 19.3. The molecule has 214 valence electrons. The second-order valence-corrected chi connectivity index (χ2v) is 9.68. The summed E-state index contributed by atoms with van der Waals surface area (Å²) in [5.41, 5.74) is 4.29. The van der Waals surface area contributed by atoms with Crippen molar-refractivity contribution in [3.05, 3.63) is 64.9 Å². The number of ether oxygens (including phenoxy) is 1. The first-order valence-corrected chi connectivity index (χ1v) is 13.1. The molecule has 0 spiro atoms. The zero-order valence-electron chi connectivity index (χ0n) is 22.7. The molecule has 2 amide bonds. The Morgan fingerprint density at radius 2 is 2.02 bits per heavy atom. The van der Waals surface area contributed by atoms with Gasteiger partial charge in [-0.1, -0.05) is 18.2 Å². The smallest absolute Gasteiger partial charge is 0.387 e. The fourth-order valence-corrected chi connectivity index (χ4v) is 5.14. The number of benzene rings is 2. The molecule has 0 aromatic heterocycles. The third-order valence-electron chi connectivity index (χ3n) is 7.22. The molecule has 1 unspecified atom stereocenters. The Kier molecular flexibility index (Phi) is 9.46. The van der Waals surface area contributed by atoms with Crippen molar-refractivity contribution in [2.75, 3.05) is 33.3 Å². The molecule has 0 bridgehead atoms. The minimum Gasteiger partial charge on any atom is -0.434 e. The Morgan fingerprint density at radius 3 is 2.67 bits per heavy atom. The average molecular weight is 558 g/mol. The third-order valence-corrected chi connectivity index (χ3v) is 7.22. The van der Waals surface area contributed by atoms with Gasteiger partial charge in [-0.2, -0.15) is 8.78 Å². The maximum absolute atomic E-state index is 12.9. The van der Waals surface area contributed by atoms with Gasteiger partial charge in [0, 0.05) is 61.8 Å². The molecule has 5 N–H and O–H groups in total. The lowest BCUT2D eigenvalue weighted by Crippen LogP contribution is -2.77. The second-order valence-electron chi connectivity index (χ2n) is 9.68. The number of carbonyl (C=O) groups excluding carboxylic acids is 2. The molecule has 0 radical (unpaired) electrons. The molecule has 40 heavy (non-hydrogen) atoms. The summed E-state index contributed by atoms with van der Waals surface area (Å²) >= 11 is 0. The first-order chi connectivity index (χ1) is 19.2. The minimum absolute atomic E-state index is 0.0513. The first-order valence-electron chi connectivity index (χ1n) is 13.1. The van der Waals surface area contributed by atoms with E-state index in [1.54, 1.807) is 42.4 Å². The number of hydrogen-bond acceptors (Lipinski definition) is 7. The van der Waals surface area contributed by atoms with Crippen LogP contribution in [0.1, 0.15) is 34.0 Å². The standard InChI is InChI=1S/C28H34F2N6O4/c1-17-15-35(10-11-36(17)24(38)16-37)28-33-13-20(14-34-28)21-8-9-22(26(39)31-3)25(18(21)2)32-12-19-6-4-5-7-23(19)40-27(29)30/h4-9,13-14,17,27-28,32-33,37H,10-12,15-16H2,1-3H3,(H,31,39)/p+1/t17-,28?/m1/s1. The number of nitrogens with two attached hydrogens (primary N) is 1. The van der Waals surface area contributed by atoms with E-state index in [0.29, 0.717) is 36.4 Å². The van der Waals surface area contributed by atoms with Gasteiger partial charge in [0.2, 0.25) is 5.91 Å². The number of para-hydroxylation sites is 1. The van der Waals surface area contributed by atoms with Gasteiger partial charge in [0.25, 0.3) is 5.91 Å². The van der Waals surface area contributed by atoms with E-state index < -0.39 is 13.2 Å². The van der Waals surface area contributed by atoms with Crippen LogP contribution in [-0.2, 0) is 11.3 Å². The van der Waals surface area contributed by atoms with Crippen molar-refractivity contribution in [1.29, 1.82) is 0 Å². The largest absolute Gasteiger partial charge is 0.434 e. The fraction of sp³-hybridized carbons (Fsp3) is 0.393. The number of aliphatic hydroxyl groups excluding tert-OH is 1. The molecule has 2 aromatic rings. The SMILES string of the molecule is CNC(=O)c1ccc(C2=CNC(N3CCN(C(=O)CO)[C@H](C)C3)N=C2)c(C)c1[NH2+]Cc1ccccc1OC(F)F. The monoisotopic (exact) mass is 557 g/mol. The number of rotatable bonds is 9. The van der Waals surface area contributed by atoms with E-state index in [4.69, 9.17) is 4.99 Å². The highest BCUT2D eigenvalue weighted by Crippen LogP contribution is 2.27. The number of aliphatic imine (C=N–C) groups is 1. The van der Waals surface area contributed by atoms with Crippen LogP contribution in [0.5, 0.6) is 5.75 Å². The van der Waals surface area contributed by atoms with Gasteiger partial charge in [0.15, 0.2) is 6.29 Å². The van der Waals surface area contributed by atoms with Crippen LogP contribution < -0.4 is 20.7 Å². The van der Waals surface area contributed by atoms with Crippen molar-refractivity contribution in [3.8, 4) is 5.75 Å². The van der Waals surface area contributed by atoms with Gasteiger partial charge in [-0.3, -0.25) is 19.5 Å². The Morgan fingerprint density at radius 1 is 1.25 bits per heavy atom. The van der Waals surface area contributed by atoms with Crippen LogP contribution >= 0.6 is 0 Å². The van der Waals surface area contributed by atoms with E-state index in [2.05, 4.69) is 20.3 Å². The third kappa shape index (κ3) is 6.46. The van der Waals surface area contributed by atoms with E-state index >= 15 is 0 Å². The fourth-order valence-electron chi connectivity index (χ4n) is 5.14. The first kappa shape index (κ1) is 29.1. The van der Waals surface area contributed by atoms with Crippen molar-refractivity contribution in [1.82, 2.24) is 20.4 Å². The van der Waals surface area contributed by atoms with Gasteiger partial charge in [0.1, 0.15) is 30.2 Å².